The number of nitrogens with zero attached hydrogens (tertiary/aromatic N) is 1. The third kappa shape index (κ3) is 3.92. The van der Waals surface area contributed by atoms with Gasteiger partial charge in [-0.25, -0.2) is 0 Å². The van der Waals surface area contributed by atoms with Crippen LogP contribution in [0.25, 0.3) is 0 Å². The lowest BCUT2D eigenvalue weighted by molar-refractivity contribution is -0.130. The lowest BCUT2D eigenvalue weighted by atomic mass is 9.96. The van der Waals surface area contributed by atoms with Gasteiger partial charge in [0.1, 0.15) is 0 Å². The van der Waals surface area contributed by atoms with Crippen molar-refractivity contribution in [2.75, 3.05) is 13.1 Å². The zero-order valence-electron chi connectivity index (χ0n) is 12.2. The number of Topliss-reactive ketones (excluding diaryl/α,β-unsaturated/α-hetero) is 1. The lowest BCUT2D eigenvalue weighted by Gasteiger charge is -2.20. The molecule has 1 amide bonds. The summed E-state index contributed by atoms with van der Waals surface area (Å²) >= 11 is 0. The number of rotatable bonds is 5. The normalized spacial score (nSPS) is 19.8. The summed E-state index contributed by atoms with van der Waals surface area (Å²) < 4.78 is 0. The molecule has 0 saturated carbocycles. The fraction of sp³-hybridized carbons (Fsp3) is 0.529. The van der Waals surface area contributed by atoms with Crippen molar-refractivity contribution in [3.8, 4) is 0 Å². The van der Waals surface area contributed by atoms with Crippen molar-refractivity contribution in [3.63, 3.8) is 0 Å². The van der Waals surface area contributed by atoms with Crippen molar-refractivity contribution < 1.29 is 9.59 Å². The van der Waals surface area contributed by atoms with Crippen LogP contribution in [-0.2, 0) is 4.79 Å². The van der Waals surface area contributed by atoms with Crippen molar-refractivity contribution in [1.82, 2.24) is 4.90 Å². The fourth-order valence-corrected chi connectivity index (χ4v) is 2.85. The van der Waals surface area contributed by atoms with E-state index in [4.69, 9.17) is 0 Å². The van der Waals surface area contributed by atoms with E-state index in [1.165, 1.54) is 12.8 Å². The molecule has 0 N–H and O–H groups in total. The van der Waals surface area contributed by atoms with Crippen LogP contribution in [0.1, 0.15) is 49.4 Å². The van der Waals surface area contributed by atoms with E-state index < -0.39 is 0 Å². The Morgan fingerprint density at radius 2 is 2.00 bits per heavy atom. The average molecular weight is 273 g/mol. The molecule has 20 heavy (non-hydrogen) atoms. The molecule has 0 radical (unpaired) electrons. The molecule has 108 valence electrons. The SMILES string of the molecule is CCCC1CCC(=O)N(CC(=O)c2ccccc2)CC1. The van der Waals surface area contributed by atoms with Gasteiger partial charge in [0.25, 0.3) is 0 Å². The van der Waals surface area contributed by atoms with Gasteiger partial charge in [-0.2, -0.15) is 0 Å². The Balaban J connectivity index is 1.95. The number of amides is 1. The number of benzene rings is 1. The molecule has 1 aromatic rings. The molecule has 2 rings (SSSR count). The van der Waals surface area contributed by atoms with E-state index in [1.807, 2.05) is 30.3 Å². The van der Waals surface area contributed by atoms with Crippen molar-refractivity contribution in [2.24, 2.45) is 5.92 Å². The number of hydrogen-bond acceptors (Lipinski definition) is 2. The van der Waals surface area contributed by atoms with Crippen LogP contribution in [0.4, 0.5) is 0 Å². The average Bonchev–Trinajstić information content (AvgIpc) is 2.64. The summed E-state index contributed by atoms with van der Waals surface area (Å²) in [6.07, 6.45) is 4.95. The van der Waals surface area contributed by atoms with Crippen LogP contribution >= 0.6 is 0 Å². The molecule has 1 saturated heterocycles. The first-order chi connectivity index (χ1) is 9.70. The summed E-state index contributed by atoms with van der Waals surface area (Å²) in [5, 5.41) is 0. The highest BCUT2D eigenvalue weighted by Gasteiger charge is 2.23. The lowest BCUT2D eigenvalue weighted by Crippen LogP contribution is -2.35. The predicted molar refractivity (Wildman–Crippen MR) is 79.6 cm³/mol. The largest absolute Gasteiger partial charge is 0.335 e. The number of carbonyl (C=O) groups is 2. The minimum atomic E-state index is 0.0351. The van der Waals surface area contributed by atoms with E-state index in [0.29, 0.717) is 17.9 Å². The van der Waals surface area contributed by atoms with Crippen LogP contribution in [0.3, 0.4) is 0 Å². The van der Waals surface area contributed by atoms with E-state index in [2.05, 4.69) is 6.92 Å². The van der Waals surface area contributed by atoms with Crippen molar-refractivity contribution >= 4 is 11.7 Å². The Kier molecular flexibility index (Phi) is 5.33. The van der Waals surface area contributed by atoms with Gasteiger partial charge in [-0.1, -0.05) is 50.1 Å². The zero-order valence-corrected chi connectivity index (χ0v) is 12.2. The van der Waals surface area contributed by atoms with Gasteiger partial charge in [0.05, 0.1) is 6.54 Å². The predicted octanol–water partition coefficient (Wildman–Crippen LogP) is 3.30. The van der Waals surface area contributed by atoms with Crippen LogP contribution < -0.4 is 0 Å². The Morgan fingerprint density at radius 3 is 2.70 bits per heavy atom. The quantitative estimate of drug-likeness (QED) is 0.772. The highest BCUT2D eigenvalue weighted by Crippen LogP contribution is 2.22. The van der Waals surface area contributed by atoms with Crippen LogP contribution in [0.15, 0.2) is 30.3 Å². The van der Waals surface area contributed by atoms with Crippen molar-refractivity contribution in [3.05, 3.63) is 35.9 Å². The van der Waals surface area contributed by atoms with E-state index in [9.17, 15) is 9.59 Å². The van der Waals surface area contributed by atoms with Crippen LogP contribution in [0, 0.1) is 5.92 Å². The molecule has 1 aliphatic rings. The molecule has 3 nitrogen and oxygen atoms in total. The summed E-state index contributed by atoms with van der Waals surface area (Å²) in [6, 6.07) is 9.22. The molecule has 0 bridgehead atoms. The second-order valence-electron chi connectivity index (χ2n) is 5.59. The highest BCUT2D eigenvalue weighted by molar-refractivity contribution is 5.99. The summed E-state index contributed by atoms with van der Waals surface area (Å²) in [7, 11) is 0. The van der Waals surface area contributed by atoms with Gasteiger partial charge >= 0.3 is 0 Å². The Morgan fingerprint density at radius 1 is 1.25 bits per heavy atom. The summed E-state index contributed by atoms with van der Waals surface area (Å²) in [6.45, 7) is 3.13. The van der Waals surface area contributed by atoms with Gasteiger partial charge in [-0.15, -0.1) is 0 Å². The second kappa shape index (κ2) is 7.22. The summed E-state index contributed by atoms with van der Waals surface area (Å²) in [5.41, 5.74) is 0.689. The van der Waals surface area contributed by atoms with E-state index in [0.717, 1.165) is 19.4 Å². The minimum Gasteiger partial charge on any atom is -0.335 e. The molecular weight excluding hydrogens is 250 g/mol. The summed E-state index contributed by atoms with van der Waals surface area (Å²) in [5.74, 6) is 0.807. The maximum absolute atomic E-state index is 12.2. The molecule has 1 heterocycles. The molecule has 1 aromatic carbocycles. The van der Waals surface area contributed by atoms with Gasteiger partial charge in [0, 0.05) is 18.5 Å². The standard InChI is InChI=1S/C17H23NO2/c1-2-6-14-9-10-17(20)18(12-11-14)13-16(19)15-7-4-3-5-8-15/h3-5,7-8,14H,2,6,9-13H2,1H3. The summed E-state index contributed by atoms with van der Waals surface area (Å²) in [4.78, 5) is 26.0. The molecule has 1 atom stereocenters. The molecule has 0 aromatic heterocycles. The van der Waals surface area contributed by atoms with E-state index in [1.54, 1.807) is 4.90 Å². The molecule has 1 unspecified atom stereocenters. The van der Waals surface area contributed by atoms with Crippen molar-refractivity contribution in [1.29, 1.82) is 0 Å². The number of likely N-dealkylation sites (tertiary alicyclic amines) is 1. The Labute approximate surface area is 121 Å². The van der Waals surface area contributed by atoms with Gasteiger partial charge in [0.15, 0.2) is 5.78 Å². The van der Waals surface area contributed by atoms with E-state index >= 15 is 0 Å². The molecule has 1 aliphatic heterocycles. The third-order valence-corrected chi connectivity index (χ3v) is 4.05. The Hall–Kier alpha value is -1.64. The van der Waals surface area contributed by atoms with Crippen LogP contribution in [0.2, 0.25) is 0 Å². The second-order valence-corrected chi connectivity index (χ2v) is 5.59. The monoisotopic (exact) mass is 273 g/mol. The highest BCUT2D eigenvalue weighted by atomic mass is 16.2. The smallest absolute Gasteiger partial charge is 0.222 e. The zero-order chi connectivity index (χ0) is 14.4. The minimum absolute atomic E-state index is 0.0351. The number of ketones is 1. The first kappa shape index (κ1) is 14.8. The number of carbonyl (C=O) groups excluding carboxylic acids is 2. The number of hydrogen-bond donors (Lipinski definition) is 0. The topological polar surface area (TPSA) is 37.4 Å². The third-order valence-electron chi connectivity index (χ3n) is 4.05. The maximum atomic E-state index is 12.2. The maximum Gasteiger partial charge on any atom is 0.222 e. The van der Waals surface area contributed by atoms with E-state index in [-0.39, 0.29) is 18.2 Å². The van der Waals surface area contributed by atoms with Crippen molar-refractivity contribution in [2.45, 2.75) is 39.0 Å². The van der Waals surface area contributed by atoms with Gasteiger partial charge in [-0.05, 0) is 18.8 Å². The molecule has 3 heteroatoms. The first-order valence-corrected chi connectivity index (χ1v) is 7.56. The molecular formula is C17H23NO2. The van der Waals surface area contributed by atoms with Gasteiger partial charge in [0.2, 0.25) is 5.91 Å². The first-order valence-electron chi connectivity index (χ1n) is 7.56. The molecule has 0 aliphatic carbocycles. The fourth-order valence-electron chi connectivity index (χ4n) is 2.85. The van der Waals surface area contributed by atoms with Crippen LogP contribution in [-0.4, -0.2) is 29.7 Å². The molecule has 0 spiro atoms. The molecule has 1 fully saturated rings. The van der Waals surface area contributed by atoms with Gasteiger partial charge in [-0.3, -0.25) is 9.59 Å². The van der Waals surface area contributed by atoms with Gasteiger partial charge < -0.3 is 4.90 Å². The Bertz CT molecular complexity index is 455. The van der Waals surface area contributed by atoms with Crippen LogP contribution in [0.5, 0.6) is 0 Å².